The maximum Gasteiger partial charge on any atom is 0.108 e. The summed E-state index contributed by atoms with van der Waals surface area (Å²) in [6.45, 7) is 0.794. The molecule has 0 bridgehead atoms. The lowest BCUT2D eigenvalue weighted by Crippen LogP contribution is -2.22. The summed E-state index contributed by atoms with van der Waals surface area (Å²) in [6, 6.07) is 31.3. The van der Waals surface area contributed by atoms with E-state index >= 15 is 0 Å². The first-order chi connectivity index (χ1) is 11.9. The molecule has 2 nitrogen and oxygen atoms in total. The van der Waals surface area contributed by atoms with Crippen molar-refractivity contribution in [2.45, 2.75) is 18.9 Å². The highest BCUT2D eigenvalue weighted by Gasteiger charge is 2.13. The Labute approximate surface area is 144 Å². The van der Waals surface area contributed by atoms with Crippen LogP contribution < -0.4 is 5.48 Å². The van der Waals surface area contributed by atoms with Crippen molar-refractivity contribution < 1.29 is 4.84 Å². The zero-order valence-electron chi connectivity index (χ0n) is 13.8. The average molecular weight is 317 g/mol. The molecule has 0 aliphatic carbocycles. The fourth-order valence-electron chi connectivity index (χ4n) is 2.72. The molecule has 0 fully saturated rings. The number of hydrogen-bond acceptors (Lipinski definition) is 2. The summed E-state index contributed by atoms with van der Waals surface area (Å²) < 4.78 is 0. The highest BCUT2D eigenvalue weighted by Crippen LogP contribution is 2.21. The van der Waals surface area contributed by atoms with Crippen LogP contribution in [0.1, 0.15) is 22.8 Å². The Kier molecular flexibility index (Phi) is 6.18. The fraction of sp³-hybridized carbons (Fsp3) is 0.182. The largest absolute Gasteiger partial charge is 0.293 e. The molecule has 1 unspecified atom stereocenters. The molecule has 0 aliphatic heterocycles. The van der Waals surface area contributed by atoms with Crippen molar-refractivity contribution >= 4 is 0 Å². The molecular weight excluding hydrogens is 294 g/mol. The molecule has 0 saturated heterocycles. The van der Waals surface area contributed by atoms with Crippen molar-refractivity contribution in [1.82, 2.24) is 5.48 Å². The second-order valence-corrected chi connectivity index (χ2v) is 5.84. The van der Waals surface area contributed by atoms with E-state index in [9.17, 15) is 0 Å². The van der Waals surface area contributed by atoms with E-state index in [1.54, 1.807) is 0 Å². The topological polar surface area (TPSA) is 21.3 Å². The second kappa shape index (κ2) is 9.02. The highest BCUT2D eigenvalue weighted by atomic mass is 16.7. The van der Waals surface area contributed by atoms with Gasteiger partial charge in [0.15, 0.2) is 0 Å². The number of hydrogen-bond donors (Lipinski definition) is 1. The molecule has 3 aromatic rings. The first kappa shape index (κ1) is 16.4. The van der Waals surface area contributed by atoms with Crippen molar-refractivity contribution in [2.24, 2.45) is 0 Å². The Hall–Kier alpha value is -2.42. The van der Waals surface area contributed by atoms with Crippen LogP contribution in [0.25, 0.3) is 0 Å². The Bertz CT molecular complexity index is 698. The van der Waals surface area contributed by atoms with Crippen LogP contribution in [-0.4, -0.2) is 6.54 Å². The fourth-order valence-corrected chi connectivity index (χ4v) is 2.72. The molecule has 1 N–H and O–H groups in total. The van der Waals surface area contributed by atoms with Gasteiger partial charge in [0.1, 0.15) is 6.10 Å². The normalized spacial score (nSPS) is 12.0. The molecule has 0 radical (unpaired) electrons. The molecule has 3 rings (SSSR count). The zero-order valence-corrected chi connectivity index (χ0v) is 13.8. The highest BCUT2D eigenvalue weighted by molar-refractivity contribution is 5.22. The van der Waals surface area contributed by atoms with Crippen LogP contribution in [-0.2, 0) is 17.7 Å². The summed E-state index contributed by atoms with van der Waals surface area (Å²) in [5, 5.41) is 0. The minimum atomic E-state index is 0.00405. The first-order valence-corrected chi connectivity index (χ1v) is 8.43. The van der Waals surface area contributed by atoms with Crippen LogP contribution in [0.15, 0.2) is 91.0 Å². The molecule has 122 valence electrons. The van der Waals surface area contributed by atoms with Crippen molar-refractivity contribution in [1.29, 1.82) is 0 Å². The van der Waals surface area contributed by atoms with Gasteiger partial charge in [0.2, 0.25) is 0 Å². The van der Waals surface area contributed by atoms with Crippen molar-refractivity contribution in [3.8, 4) is 0 Å². The summed E-state index contributed by atoms with van der Waals surface area (Å²) in [4.78, 5) is 6.00. The summed E-state index contributed by atoms with van der Waals surface area (Å²) in [6.07, 6.45) is 1.81. The molecular formula is C22H23NO. The van der Waals surface area contributed by atoms with Crippen LogP contribution in [0.5, 0.6) is 0 Å². The molecule has 2 heteroatoms. The molecule has 0 heterocycles. The van der Waals surface area contributed by atoms with Crippen LogP contribution >= 0.6 is 0 Å². The van der Waals surface area contributed by atoms with Gasteiger partial charge in [0.25, 0.3) is 0 Å². The number of rotatable bonds is 8. The number of nitrogens with one attached hydrogen (secondary N) is 1. The SMILES string of the molecule is c1ccc(CCNOC(Cc2ccccc2)c2ccccc2)cc1. The third-order valence-corrected chi connectivity index (χ3v) is 4.02. The van der Waals surface area contributed by atoms with Gasteiger partial charge in [-0.1, -0.05) is 91.0 Å². The van der Waals surface area contributed by atoms with Gasteiger partial charge >= 0.3 is 0 Å². The smallest absolute Gasteiger partial charge is 0.108 e. The predicted octanol–water partition coefficient (Wildman–Crippen LogP) is 4.73. The van der Waals surface area contributed by atoms with Gasteiger partial charge in [0, 0.05) is 13.0 Å². The predicted molar refractivity (Wildman–Crippen MR) is 98.6 cm³/mol. The number of hydroxylamine groups is 1. The zero-order chi connectivity index (χ0) is 16.5. The monoisotopic (exact) mass is 317 g/mol. The molecule has 1 atom stereocenters. The van der Waals surface area contributed by atoms with Crippen LogP contribution in [0.4, 0.5) is 0 Å². The summed E-state index contributed by atoms with van der Waals surface area (Å²) in [7, 11) is 0. The van der Waals surface area contributed by atoms with E-state index in [-0.39, 0.29) is 6.10 Å². The van der Waals surface area contributed by atoms with E-state index in [1.165, 1.54) is 16.7 Å². The maximum absolute atomic E-state index is 6.00. The van der Waals surface area contributed by atoms with Crippen LogP contribution in [0.3, 0.4) is 0 Å². The van der Waals surface area contributed by atoms with E-state index in [1.807, 2.05) is 18.2 Å². The molecule has 0 aliphatic rings. The standard InChI is InChI=1S/C22H23NO/c1-4-10-19(11-5-1)16-17-23-24-22(21-14-8-3-9-15-21)18-20-12-6-2-7-13-20/h1-15,22-23H,16-18H2. The van der Waals surface area contributed by atoms with E-state index in [0.717, 1.165) is 19.4 Å². The Morgan fingerprint density at radius 2 is 1.21 bits per heavy atom. The minimum Gasteiger partial charge on any atom is -0.293 e. The van der Waals surface area contributed by atoms with Gasteiger partial charge in [-0.05, 0) is 23.1 Å². The Morgan fingerprint density at radius 1 is 0.667 bits per heavy atom. The quantitative estimate of drug-likeness (QED) is 0.479. The lowest BCUT2D eigenvalue weighted by atomic mass is 10.0. The van der Waals surface area contributed by atoms with Crippen LogP contribution in [0.2, 0.25) is 0 Å². The van der Waals surface area contributed by atoms with Gasteiger partial charge in [-0.3, -0.25) is 4.84 Å². The molecule has 24 heavy (non-hydrogen) atoms. The van der Waals surface area contributed by atoms with E-state index in [2.05, 4.69) is 78.3 Å². The van der Waals surface area contributed by atoms with Gasteiger partial charge in [-0.15, -0.1) is 0 Å². The summed E-state index contributed by atoms with van der Waals surface area (Å²) in [5.41, 5.74) is 6.93. The minimum absolute atomic E-state index is 0.00405. The molecule has 3 aromatic carbocycles. The van der Waals surface area contributed by atoms with Gasteiger partial charge in [-0.2, -0.15) is 0 Å². The van der Waals surface area contributed by atoms with E-state index in [0.29, 0.717) is 0 Å². The molecule has 0 saturated carbocycles. The molecule has 0 amide bonds. The summed E-state index contributed by atoms with van der Waals surface area (Å²) >= 11 is 0. The Morgan fingerprint density at radius 3 is 1.83 bits per heavy atom. The lowest BCUT2D eigenvalue weighted by molar-refractivity contribution is -0.0256. The molecule has 0 spiro atoms. The van der Waals surface area contributed by atoms with E-state index in [4.69, 9.17) is 4.84 Å². The van der Waals surface area contributed by atoms with Gasteiger partial charge < -0.3 is 0 Å². The van der Waals surface area contributed by atoms with Crippen molar-refractivity contribution in [3.05, 3.63) is 108 Å². The molecule has 0 aromatic heterocycles. The third-order valence-electron chi connectivity index (χ3n) is 4.02. The van der Waals surface area contributed by atoms with Gasteiger partial charge in [0.05, 0.1) is 0 Å². The average Bonchev–Trinajstić information content (AvgIpc) is 2.66. The van der Waals surface area contributed by atoms with Gasteiger partial charge in [-0.25, -0.2) is 5.48 Å². The van der Waals surface area contributed by atoms with Crippen molar-refractivity contribution in [2.75, 3.05) is 6.54 Å². The van der Waals surface area contributed by atoms with E-state index < -0.39 is 0 Å². The lowest BCUT2D eigenvalue weighted by Gasteiger charge is -2.19. The maximum atomic E-state index is 6.00. The third kappa shape index (κ3) is 5.05. The number of benzene rings is 3. The van der Waals surface area contributed by atoms with Crippen LogP contribution in [0, 0.1) is 0 Å². The Balaban J connectivity index is 1.58. The second-order valence-electron chi connectivity index (χ2n) is 5.84. The summed E-state index contributed by atoms with van der Waals surface area (Å²) in [5.74, 6) is 0. The first-order valence-electron chi connectivity index (χ1n) is 8.43. The van der Waals surface area contributed by atoms with Crippen molar-refractivity contribution in [3.63, 3.8) is 0 Å².